The average molecular weight is 398 g/mol. The Morgan fingerprint density at radius 3 is 2.25 bits per heavy atom. The lowest BCUT2D eigenvalue weighted by molar-refractivity contribution is -0.114. The molecule has 0 unspecified atom stereocenters. The fourth-order valence-corrected chi connectivity index (χ4v) is 2.34. The molecular formula is C19H27BF2NO5. The van der Waals surface area contributed by atoms with Crippen molar-refractivity contribution in [1.82, 2.24) is 5.32 Å². The van der Waals surface area contributed by atoms with Crippen LogP contribution in [0, 0.1) is 0 Å². The number of benzene rings is 1. The van der Waals surface area contributed by atoms with Crippen molar-refractivity contribution in [2.75, 3.05) is 14.2 Å². The smallest absolute Gasteiger partial charge is 0.387 e. The Hall–Kier alpha value is -1.87. The summed E-state index contributed by atoms with van der Waals surface area (Å²) >= 11 is 0. The molecule has 0 atom stereocenters. The maximum Gasteiger partial charge on any atom is 0.387 e. The van der Waals surface area contributed by atoms with E-state index in [1.807, 2.05) is 27.7 Å². The van der Waals surface area contributed by atoms with Gasteiger partial charge in [0.15, 0.2) is 0 Å². The van der Waals surface area contributed by atoms with Gasteiger partial charge in [-0.3, -0.25) is 4.79 Å². The fraction of sp³-hybridized carbons (Fsp3) is 0.632. The van der Waals surface area contributed by atoms with Crippen LogP contribution in [0.3, 0.4) is 0 Å². The van der Waals surface area contributed by atoms with Gasteiger partial charge in [-0.25, -0.2) is 0 Å². The van der Waals surface area contributed by atoms with Crippen molar-refractivity contribution in [3.05, 3.63) is 17.7 Å². The van der Waals surface area contributed by atoms with Gasteiger partial charge in [0.1, 0.15) is 17.1 Å². The summed E-state index contributed by atoms with van der Waals surface area (Å²) in [4.78, 5) is 12.5. The van der Waals surface area contributed by atoms with Gasteiger partial charge in [0.2, 0.25) is 0 Å². The second-order valence-corrected chi connectivity index (χ2v) is 7.68. The van der Waals surface area contributed by atoms with Crippen LogP contribution < -0.4 is 20.3 Å². The molecular weight excluding hydrogens is 371 g/mol. The number of halogens is 2. The molecule has 1 saturated carbocycles. The topological polar surface area (TPSA) is 66.0 Å². The molecule has 6 nitrogen and oxygen atoms in total. The summed E-state index contributed by atoms with van der Waals surface area (Å²) in [6.07, 6.45) is 1.73. The van der Waals surface area contributed by atoms with Crippen LogP contribution in [0.4, 0.5) is 8.78 Å². The highest BCUT2D eigenvalue weighted by molar-refractivity contribution is 6.47. The number of methoxy groups -OCH3 is 2. The number of rotatable bonds is 10. The number of amides is 1. The van der Waals surface area contributed by atoms with Crippen LogP contribution in [0.25, 0.3) is 0 Å². The maximum absolute atomic E-state index is 12.9. The van der Waals surface area contributed by atoms with Gasteiger partial charge in [0, 0.05) is 13.2 Å². The number of carbonyl (C=O) groups excluding carboxylic acids is 1. The zero-order valence-corrected chi connectivity index (χ0v) is 17.1. The molecule has 0 saturated heterocycles. The molecule has 1 amide bonds. The van der Waals surface area contributed by atoms with Crippen LogP contribution in [-0.4, -0.2) is 51.5 Å². The predicted molar refractivity (Wildman–Crippen MR) is 102 cm³/mol. The van der Waals surface area contributed by atoms with Crippen molar-refractivity contribution in [2.24, 2.45) is 0 Å². The summed E-state index contributed by atoms with van der Waals surface area (Å²) in [5.74, 6) is -0.663. The van der Waals surface area contributed by atoms with Gasteiger partial charge in [-0.05, 0) is 58.1 Å². The molecule has 1 radical (unpaired) electrons. The van der Waals surface area contributed by atoms with Crippen LogP contribution in [0.15, 0.2) is 12.1 Å². The molecule has 0 heterocycles. The zero-order valence-electron chi connectivity index (χ0n) is 17.1. The lowest BCUT2D eigenvalue weighted by atomic mass is 9.82. The molecule has 1 aliphatic rings. The molecule has 28 heavy (non-hydrogen) atoms. The van der Waals surface area contributed by atoms with Gasteiger partial charge in [-0.2, -0.15) is 8.78 Å². The Morgan fingerprint density at radius 2 is 1.75 bits per heavy atom. The van der Waals surface area contributed by atoms with E-state index in [-0.39, 0.29) is 23.1 Å². The summed E-state index contributed by atoms with van der Waals surface area (Å²) in [7, 11) is 4.35. The first-order valence-corrected chi connectivity index (χ1v) is 9.04. The van der Waals surface area contributed by atoms with Gasteiger partial charge in [-0.15, -0.1) is 0 Å². The minimum absolute atomic E-state index is 0.0586. The third-order valence-corrected chi connectivity index (χ3v) is 5.11. The lowest BCUT2D eigenvalue weighted by Crippen LogP contribution is -2.50. The molecule has 1 aromatic carbocycles. The highest BCUT2D eigenvalue weighted by atomic mass is 19.3. The maximum atomic E-state index is 12.9. The van der Waals surface area contributed by atoms with Gasteiger partial charge in [0.25, 0.3) is 5.91 Å². The third kappa shape index (κ3) is 5.35. The molecule has 9 heteroatoms. The highest BCUT2D eigenvalue weighted by Gasteiger charge is 2.38. The standard InChI is InChI=1S/C19H27BF2NO5/c1-18(2,26-6)19(3,4)28-20-11-9-13(25-5)15(14(10-11)27-17(21)22)16(24)23-12-7-8-12/h9-10,12,17H,7-8H2,1-6H3,(H,23,24). The highest BCUT2D eigenvalue weighted by Crippen LogP contribution is 2.31. The molecule has 0 bridgehead atoms. The Labute approximate surface area is 165 Å². The summed E-state index contributed by atoms with van der Waals surface area (Å²) in [6.45, 7) is 4.35. The summed E-state index contributed by atoms with van der Waals surface area (Å²) in [5, 5.41) is 2.76. The molecule has 1 aromatic rings. The number of nitrogens with one attached hydrogen (secondary N) is 1. The molecule has 155 valence electrons. The first-order chi connectivity index (χ1) is 13.0. The quantitative estimate of drug-likeness (QED) is 0.614. The van der Waals surface area contributed by atoms with E-state index in [9.17, 15) is 13.6 Å². The van der Waals surface area contributed by atoms with E-state index in [4.69, 9.17) is 14.1 Å². The minimum Gasteiger partial charge on any atom is -0.496 e. The average Bonchev–Trinajstić information content (AvgIpc) is 3.42. The van der Waals surface area contributed by atoms with E-state index in [0.29, 0.717) is 5.46 Å². The van der Waals surface area contributed by atoms with Gasteiger partial charge >= 0.3 is 14.1 Å². The van der Waals surface area contributed by atoms with E-state index in [1.165, 1.54) is 26.7 Å². The first kappa shape index (κ1) is 22.4. The van der Waals surface area contributed by atoms with E-state index >= 15 is 0 Å². The predicted octanol–water partition coefficient (Wildman–Crippen LogP) is 2.65. The monoisotopic (exact) mass is 398 g/mol. The summed E-state index contributed by atoms with van der Waals surface area (Å²) in [6, 6.07) is 2.92. The third-order valence-electron chi connectivity index (χ3n) is 5.11. The molecule has 0 aliphatic heterocycles. The van der Waals surface area contributed by atoms with E-state index < -0.39 is 23.7 Å². The zero-order chi connectivity index (χ0) is 21.1. The van der Waals surface area contributed by atoms with Crippen molar-refractivity contribution in [3.8, 4) is 11.5 Å². The Bertz CT molecular complexity index is 708. The fourth-order valence-electron chi connectivity index (χ4n) is 2.34. The number of hydrogen-bond acceptors (Lipinski definition) is 5. The van der Waals surface area contributed by atoms with Gasteiger partial charge in [-0.1, -0.05) is 0 Å². The second-order valence-electron chi connectivity index (χ2n) is 7.68. The molecule has 0 spiro atoms. The van der Waals surface area contributed by atoms with Crippen LogP contribution in [0.2, 0.25) is 0 Å². The van der Waals surface area contributed by atoms with Crippen LogP contribution in [-0.2, 0) is 9.39 Å². The SMILES string of the molecule is COc1cc([B]OC(C)(C)C(C)(C)OC)cc(OC(F)F)c1C(=O)NC1CC1. The number of carbonyl (C=O) groups is 1. The van der Waals surface area contributed by atoms with Gasteiger partial charge < -0.3 is 24.2 Å². The lowest BCUT2D eigenvalue weighted by Gasteiger charge is -2.40. The molecule has 1 N–H and O–H groups in total. The Balaban J connectivity index is 2.31. The summed E-state index contributed by atoms with van der Waals surface area (Å²) in [5.41, 5.74) is -0.987. The normalized spacial score (nSPS) is 14.8. The molecule has 2 rings (SSSR count). The largest absolute Gasteiger partial charge is 0.496 e. The van der Waals surface area contributed by atoms with Crippen molar-refractivity contribution in [2.45, 2.75) is 64.4 Å². The van der Waals surface area contributed by atoms with E-state index in [1.54, 1.807) is 7.11 Å². The van der Waals surface area contributed by atoms with Crippen molar-refractivity contribution < 1.29 is 32.4 Å². The molecule has 1 fully saturated rings. The van der Waals surface area contributed by atoms with E-state index in [2.05, 4.69) is 10.1 Å². The Morgan fingerprint density at radius 1 is 1.14 bits per heavy atom. The van der Waals surface area contributed by atoms with Gasteiger partial charge in [0.05, 0.1) is 18.3 Å². The van der Waals surface area contributed by atoms with E-state index in [0.717, 1.165) is 12.8 Å². The summed E-state index contributed by atoms with van der Waals surface area (Å²) < 4.78 is 47.0. The molecule has 1 aliphatic carbocycles. The minimum atomic E-state index is -3.09. The van der Waals surface area contributed by atoms with Crippen molar-refractivity contribution >= 4 is 18.9 Å². The second kappa shape index (κ2) is 8.65. The number of ether oxygens (including phenoxy) is 3. The number of hydrogen-bond donors (Lipinski definition) is 1. The van der Waals surface area contributed by atoms with Crippen molar-refractivity contribution in [3.63, 3.8) is 0 Å². The van der Waals surface area contributed by atoms with Crippen LogP contribution in [0.1, 0.15) is 50.9 Å². The molecule has 0 aromatic heterocycles. The number of alkyl halides is 2. The Kier molecular flexibility index (Phi) is 6.93. The van der Waals surface area contributed by atoms with Crippen molar-refractivity contribution in [1.29, 1.82) is 0 Å². The van der Waals surface area contributed by atoms with Crippen LogP contribution in [0.5, 0.6) is 11.5 Å². The first-order valence-electron chi connectivity index (χ1n) is 9.04. The van der Waals surface area contributed by atoms with Crippen LogP contribution >= 0.6 is 0 Å².